The number of hydrogen-bond acceptors (Lipinski definition) is 3. The fraction of sp³-hybridized carbons (Fsp3) is 0.267. The van der Waals surface area contributed by atoms with Crippen LogP contribution in [0.1, 0.15) is 31.0 Å². The van der Waals surface area contributed by atoms with Crippen molar-refractivity contribution in [3.8, 4) is 11.6 Å². The Bertz CT molecular complexity index is 506. The highest BCUT2D eigenvalue weighted by Crippen LogP contribution is 2.21. The summed E-state index contributed by atoms with van der Waals surface area (Å²) in [5, 5.41) is 0. The molecule has 0 saturated heterocycles. The van der Waals surface area contributed by atoms with E-state index in [1.165, 1.54) is 5.56 Å². The van der Waals surface area contributed by atoms with Crippen LogP contribution >= 0.6 is 0 Å². The first kappa shape index (κ1) is 12.6. The molecule has 3 heteroatoms. The Labute approximate surface area is 108 Å². The Kier molecular flexibility index (Phi) is 3.95. The standard InChI is InChI=1S/C15H18N2O/c1-3-12-5-4-6-14(9-12)18-15-8-7-13(10-17-15)11(2)16/h4-11H,3,16H2,1-2H3/t11-/m0/s1. The highest BCUT2D eigenvalue weighted by Gasteiger charge is 2.02. The first-order valence-corrected chi connectivity index (χ1v) is 6.17. The molecule has 0 aliphatic carbocycles. The Morgan fingerprint density at radius 1 is 1.28 bits per heavy atom. The predicted octanol–water partition coefficient (Wildman–Crippen LogP) is 3.46. The summed E-state index contributed by atoms with van der Waals surface area (Å²) in [5.74, 6) is 1.41. The van der Waals surface area contributed by atoms with Gasteiger partial charge in [-0.2, -0.15) is 0 Å². The van der Waals surface area contributed by atoms with Crippen LogP contribution in [0.4, 0.5) is 0 Å². The van der Waals surface area contributed by atoms with Gasteiger partial charge in [0.2, 0.25) is 5.88 Å². The van der Waals surface area contributed by atoms with Crippen LogP contribution in [0.5, 0.6) is 11.6 Å². The van der Waals surface area contributed by atoms with E-state index in [0.29, 0.717) is 5.88 Å². The summed E-state index contributed by atoms with van der Waals surface area (Å²) in [6.45, 7) is 4.05. The molecule has 2 rings (SSSR count). The van der Waals surface area contributed by atoms with E-state index in [0.717, 1.165) is 17.7 Å². The summed E-state index contributed by atoms with van der Waals surface area (Å²) < 4.78 is 5.70. The molecule has 1 heterocycles. The lowest BCUT2D eigenvalue weighted by Crippen LogP contribution is -2.05. The molecule has 18 heavy (non-hydrogen) atoms. The van der Waals surface area contributed by atoms with Gasteiger partial charge in [0.05, 0.1) is 0 Å². The van der Waals surface area contributed by atoms with Crippen molar-refractivity contribution in [2.24, 2.45) is 5.73 Å². The minimum absolute atomic E-state index is 0.00466. The molecule has 1 aromatic carbocycles. The largest absolute Gasteiger partial charge is 0.439 e. The molecule has 0 radical (unpaired) electrons. The number of pyridine rings is 1. The zero-order valence-electron chi connectivity index (χ0n) is 10.8. The van der Waals surface area contributed by atoms with E-state index in [1.54, 1.807) is 6.20 Å². The average Bonchev–Trinajstić information content (AvgIpc) is 2.39. The van der Waals surface area contributed by atoms with E-state index in [2.05, 4.69) is 18.0 Å². The lowest BCUT2D eigenvalue weighted by Gasteiger charge is -2.08. The minimum atomic E-state index is -0.00466. The minimum Gasteiger partial charge on any atom is -0.439 e. The maximum atomic E-state index is 5.77. The molecule has 1 aromatic heterocycles. The van der Waals surface area contributed by atoms with Crippen LogP contribution in [0.3, 0.4) is 0 Å². The van der Waals surface area contributed by atoms with Crippen molar-refractivity contribution in [3.05, 3.63) is 53.7 Å². The summed E-state index contributed by atoms with van der Waals surface area (Å²) in [7, 11) is 0. The average molecular weight is 242 g/mol. The summed E-state index contributed by atoms with van der Waals surface area (Å²) in [6, 6.07) is 11.8. The van der Waals surface area contributed by atoms with Crippen molar-refractivity contribution >= 4 is 0 Å². The third-order valence-corrected chi connectivity index (χ3v) is 2.81. The molecule has 3 nitrogen and oxygen atoms in total. The molecular formula is C15H18N2O. The monoisotopic (exact) mass is 242 g/mol. The van der Waals surface area contributed by atoms with Gasteiger partial charge in [-0.05, 0) is 36.6 Å². The van der Waals surface area contributed by atoms with Crippen LogP contribution in [0, 0.1) is 0 Å². The summed E-state index contributed by atoms with van der Waals surface area (Å²) in [5.41, 5.74) is 8.03. The van der Waals surface area contributed by atoms with Crippen LogP contribution in [-0.2, 0) is 6.42 Å². The number of rotatable bonds is 4. The Morgan fingerprint density at radius 3 is 2.72 bits per heavy atom. The molecule has 1 atom stereocenters. The zero-order valence-corrected chi connectivity index (χ0v) is 10.8. The normalized spacial score (nSPS) is 12.2. The molecule has 0 bridgehead atoms. The highest BCUT2D eigenvalue weighted by atomic mass is 16.5. The molecule has 0 spiro atoms. The number of nitrogens with zero attached hydrogens (tertiary/aromatic N) is 1. The van der Waals surface area contributed by atoms with Gasteiger partial charge in [0.25, 0.3) is 0 Å². The van der Waals surface area contributed by atoms with E-state index in [-0.39, 0.29) is 6.04 Å². The summed E-state index contributed by atoms with van der Waals surface area (Å²) in [4.78, 5) is 4.25. The van der Waals surface area contributed by atoms with Crippen LogP contribution in [0.15, 0.2) is 42.6 Å². The molecule has 94 valence electrons. The Balaban J connectivity index is 2.13. The second-order valence-electron chi connectivity index (χ2n) is 4.32. The third kappa shape index (κ3) is 3.08. The molecule has 0 saturated carbocycles. The van der Waals surface area contributed by atoms with Gasteiger partial charge >= 0.3 is 0 Å². The van der Waals surface area contributed by atoms with Gasteiger partial charge in [0, 0.05) is 18.3 Å². The second kappa shape index (κ2) is 5.65. The summed E-state index contributed by atoms with van der Waals surface area (Å²) in [6.07, 6.45) is 2.75. The number of benzene rings is 1. The number of aryl methyl sites for hydroxylation is 1. The van der Waals surface area contributed by atoms with Gasteiger partial charge in [0.1, 0.15) is 5.75 Å². The third-order valence-electron chi connectivity index (χ3n) is 2.81. The topological polar surface area (TPSA) is 48.1 Å². The predicted molar refractivity (Wildman–Crippen MR) is 72.7 cm³/mol. The van der Waals surface area contributed by atoms with Crippen molar-refractivity contribution in [1.29, 1.82) is 0 Å². The van der Waals surface area contributed by atoms with Crippen molar-refractivity contribution in [3.63, 3.8) is 0 Å². The van der Waals surface area contributed by atoms with Crippen LogP contribution in [-0.4, -0.2) is 4.98 Å². The van der Waals surface area contributed by atoms with E-state index in [9.17, 15) is 0 Å². The molecule has 0 amide bonds. The van der Waals surface area contributed by atoms with Crippen molar-refractivity contribution < 1.29 is 4.74 Å². The van der Waals surface area contributed by atoms with Gasteiger partial charge in [-0.3, -0.25) is 0 Å². The molecule has 0 unspecified atom stereocenters. The van der Waals surface area contributed by atoms with E-state index in [4.69, 9.17) is 10.5 Å². The fourth-order valence-electron chi connectivity index (χ4n) is 1.67. The van der Waals surface area contributed by atoms with Crippen molar-refractivity contribution in [2.45, 2.75) is 26.3 Å². The molecule has 0 aliphatic heterocycles. The number of hydrogen-bond donors (Lipinski definition) is 1. The molecular weight excluding hydrogens is 224 g/mol. The lowest BCUT2D eigenvalue weighted by atomic mass is 10.1. The second-order valence-corrected chi connectivity index (χ2v) is 4.32. The number of ether oxygens (including phenoxy) is 1. The first-order valence-electron chi connectivity index (χ1n) is 6.17. The molecule has 2 aromatic rings. The van der Waals surface area contributed by atoms with Gasteiger partial charge in [-0.15, -0.1) is 0 Å². The maximum absolute atomic E-state index is 5.77. The fourth-order valence-corrected chi connectivity index (χ4v) is 1.67. The van der Waals surface area contributed by atoms with Gasteiger partial charge in [0.15, 0.2) is 0 Å². The zero-order chi connectivity index (χ0) is 13.0. The molecule has 0 aliphatic rings. The smallest absolute Gasteiger partial charge is 0.219 e. The van der Waals surface area contributed by atoms with E-state index < -0.39 is 0 Å². The van der Waals surface area contributed by atoms with Crippen molar-refractivity contribution in [2.75, 3.05) is 0 Å². The van der Waals surface area contributed by atoms with Gasteiger partial charge in [-0.1, -0.05) is 25.1 Å². The number of nitrogens with two attached hydrogens (primary N) is 1. The van der Waals surface area contributed by atoms with Gasteiger partial charge in [-0.25, -0.2) is 4.98 Å². The van der Waals surface area contributed by atoms with Crippen LogP contribution in [0.25, 0.3) is 0 Å². The van der Waals surface area contributed by atoms with Crippen LogP contribution in [0.2, 0.25) is 0 Å². The lowest BCUT2D eigenvalue weighted by molar-refractivity contribution is 0.461. The summed E-state index contributed by atoms with van der Waals surface area (Å²) >= 11 is 0. The van der Waals surface area contributed by atoms with E-state index >= 15 is 0 Å². The Morgan fingerprint density at radius 2 is 2.11 bits per heavy atom. The quantitative estimate of drug-likeness (QED) is 0.893. The van der Waals surface area contributed by atoms with Crippen LogP contribution < -0.4 is 10.5 Å². The molecule has 0 fully saturated rings. The maximum Gasteiger partial charge on any atom is 0.219 e. The Hall–Kier alpha value is -1.87. The van der Waals surface area contributed by atoms with Gasteiger partial charge < -0.3 is 10.5 Å². The number of aromatic nitrogens is 1. The molecule has 2 N–H and O–H groups in total. The first-order chi connectivity index (χ1) is 8.69. The SMILES string of the molecule is CCc1cccc(Oc2ccc([C@H](C)N)cn2)c1. The highest BCUT2D eigenvalue weighted by molar-refractivity contribution is 5.32. The van der Waals surface area contributed by atoms with E-state index in [1.807, 2.05) is 37.3 Å². The van der Waals surface area contributed by atoms with Crippen molar-refractivity contribution in [1.82, 2.24) is 4.98 Å².